The summed E-state index contributed by atoms with van der Waals surface area (Å²) in [5, 5.41) is 0. The Balaban J connectivity index is 2.14. The summed E-state index contributed by atoms with van der Waals surface area (Å²) in [6.45, 7) is 1.69. The lowest BCUT2D eigenvalue weighted by atomic mass is 10.0. The van der Waals surface area contributed by atoms with Crippen molar-refractivity contribution in [2.24, 2.45) is 0 Å². The van der Waals surface area contributed by atoms with Crippen LogP contribution >= 0.6 is 0 Å². The maximum Gasteiger partial charge on any atom is 0.175 e. The molecule has 7 heteroatoms. The summed E-state index contributed by atoms with van der Waals surface area (Å²) in [6.07, 6.45) is 1.15. The second-order valence-corrected chi connectivity index (χ2v) is 8.34. The van der Waals surface area contributed by atoms with Gasteiger partial charge >= 0.3 is 0 Å². The van der Waals surface area contributed by atoms with Crippen molar-refractivity contribution in [1.29, 1.82) is 0 Å². The first-order valence-corrected chi connectivity index (χ1v) is 10.5. The smallest absolute Gasteiger partial charge is 0.175 e. The maximum atomic E-state index is 11.4. The van der Waals surface area contributed by atoms with Gasteiger partial charge in [0.25, 0.3) is 0 Å². The molecule has 0 aliphatic carbocycles. The normalized spacial score (nSPS) is 13.4. The molecule has 0 radical (unpaired) electrons. The van der Waals surface area contributed by atoms with Crippen LogP contribution < -0.4 is 4.74 Å². The first kappa shape index (κ1) is 19.2. The van der Waals surface area contributed by atoms with Crippen LogP contribution in [0.25, 0.3) is 0 Å². The monoisotopic (exact) mass is 378 g/mol. The van der Waals surface area contributed by atoms with Gasteiger partial charge in [0.1, 0.15) is 11.5 Å². The third-order valence-electron chi connectivity index (χ3n) is 3.40. The summed E-state index contributed by atoms with van der Waals surface area (Å²) in [4.78, 5) is 0.230. The number of rotatable bonds is 6. The van der Waals surface area contributed by atoms with E-state index < -0.39 is 20.9 Å². The van der Waals surface area contributed by atoms with Gasteiger partial charge in [-0.3, -0.25) is 0 Å². The lowest BCUT2D eigenvalue weighted by Crippen LogP contribution is -2.07. The van der Waals surface area contributed by atoms with Gasteiger partial charge in [0.2, 0.25) is 0 Å². The highest BCUT2D eigenvalue weighted by Gasteiger charge is 2.12. The Bertz CT molecular complexity index is 905. The molecule has 0 spiro atoms. The first-order valence-electron chi connectivity index (χ1n) is 7.37. The van der Waals surface area contributed by atoms with Gasteiger partial charge < -0.3 is 9.29 Å². The molecule has 0 aliphatic heterocycles. The molecule has 0 heterocycles. The van der Waals surface area contributed by atoms with Crippen LogP contribution in [-0.2, 0) is 20.9 Å². The summed E-state index contributed by atoms with van der Waals surface area (Å²) in [5.74, 6) is 6.50. The number of ether oxygens (including phenoxy) is 1. The fourth-order valence-corrected chi connectivity index (χ4v) is 3.39. The molecule has 2 rings (SSSR count). The zero-order valence-electron chi connectivity index (χ0n) is 13.8. The Morgan fingerprint density at radius 1 is 1.08 bits per heavy atom. The predicted octanol–water partition coefficient (Wildman–Crippen LogP) is 3.21. The van der Waals surface area contributed by atoms with Crippen molar-refractivity contribution in [3.8, 4) is 23.3 Å². The van der Waals surface area contributed by atoms with E-state index in [1.165, 1.54) is 12.1 Å². The van der Waals surface area contributed by atoms with Crippen molar-refractivity contribution in [2.75, 3.05) is 12.0 Å². The lowest BCUT2D eigenvalue weighted by Gasteiger charge is -2.11. The molecule has 2 aromatic carbocycles. The van der Waals surface area contributed by atoms with E-state index in [4.69, 9.17) is 9.29 Å². The van der Waals surface area contributed by atoms with Crippen LogP contribution in [0.1, 0.15) is 18.4 Å². The van der Waals surface area contributed by atoms with Crippen LogP contribution in [0, 0.1) is 11.8 Å². The minimum atomic E-state index is -3.24. The first-order chi connectivity index (χ1) is 11.8. The SMILES string of the molecule is CC#CC(CS(=O)O)c1ccc(Oc2ccc(S(C)(=O)=O)cc2)cc1. The second kappa shape index (κ2) is 8.30. The fraction of sp³-hybridized carbons (Fsp3) is 0.222. The minimum absolute atomic E-state index is 0.0496. The lowest BCUT2D eigenvalue weighted by molar-refractivity contribution is 0.482. The molecule has 0 aliphatic rings. The zero-order chi connectivity index (χ0) is 18.4. The fourth-order valence-electron chi connectivity index (χ4n) is 2.20. The van der Waals surface area contributed by atoms with Crippen molar-refractivity contribution in [3.63, 3.8) is 0 Å². The summed E-state index contributed by atoms with van der Waals surface area (Å²) < 4.78 is 48.7. The third-order valence-corrected chi connectivity index (χ3v) is 5.14. The molecule has 2 atom stereocenters. The molecular weight excluding hydrogens is 360 g/mol. The van der Waals surface area contributed by atoms with E-state index in [-0.39, 0.29) is 16.6 Å². The summed E-state index contributed by atoms with van der Waals surface area (Å²) in [7, 11) is -3.24. The van der Waals surface area contributed by atoms with E-state index in [0.29, 0.717) is 11.5 Å². The number of sulfone groups is 1. The van der Waals surface area contributed by atoms with Crippen molar-refractivity contribution in [2.45, 2.75) is 17.7 Å². The van der Waals surface area contributed by atoms with Crippen LogP contribution in [0.15, 0.2) is 53.4 Å². The molecule has 25 heavy (non-hydrogen) atoms. The van der Waals surface area contributed by atoms with E-state index in [2.05, 4.69) is 11.8 Å². The summed E-state index contributed by atoms with van der Waals surface area (Å²) in [5.41, 5.74) is 0.830. The largest absolute Gasteiger partial charge is 0.457 e. The molecule has 0 saturated heterocycles. The van der Waals surface area contributed by atoms with Crippen molar-refractivity contribution in [3.05, 3.63) is 54.1 Å². The van der Waals surface area contributed by atoms with Crippen LogP contribution in [-0.4, -0.2) is 29.2 Å². The van der Waals surface area contributed by atoms with Gasteiger partial charge in [0.05, 0.1) is 16.6 Å². The van der Waals surface area contributed by atoms with Crippen LogP contribution in [0.2, 0.25) is 0 Å². The molecular formula is C18H18O5S2. The molecule has 5 nitrogen and oxygen atoms in total. The Labute approximate surface area is 150 Å². The predicted molar refractivity (Wildman–Crippen MR) is 97.9 cm³/mol. The Morgan fingerprint density at radius 2 is 1.60 bits per heavy atom. The van der Waals surface area contributed by atoms with Crippen molar-refractivity contribution < 1.29 is 21.9 Å². The van der Waals surface area contributed by atoms with Crippen LogP contribution in [0.4, 0.5) is 0 Å². The molecule has 2 aromatic rings. The van der Waals surface area contributed by atoms with Gasteiger partial charge in [0, 0.05) is 6.26 Å². The maximum absolute atomic E-state index is 11.4. The van der Waals surface area contributed by atoms with Gasteiger partial charge in [-0.05, 0) is 48.9 Å². The summed E-state index contributed by atoms with van der Waals surface area (Å²) in [6, 6.07) is 13.2. The average Bonchev–Trinajstić information content (AvgIpc) is 2.54. The van der Waals surface area contributed by atoms with Crippen LogP contribution in [0.3, 0.4) is 0 Å². The van der Waals surface area contributed by atoms with Gasteiger partial charge in [0.15, 0.2) is 20.9 Å². The molecule has 0 amide bonds. The van der Waals surface area contributed by atoms with Crippen molar-refractivity contribution >= 4 is 20.9 Å². The van der Waals surface area contributed by atoms with Crippen molar-refractivity contribution in [1.82, 2.24) is 0 Å². The molecule has 0 aromatic heterocycles. The zero-order valence-corrected chi connectivity index (χ0v) is 15.4. The molecule has 132 valence electrons. The van der Waals surface area contributed by atoms with E-state index in [1.807, 2.05) is 0 Å². The molecule has 1 N–H and O–H groups in total. The Hall–Kier alpha value is -2.14. The number of benzene rings is 2. The quantitative estimate of drug-likeness (QED) is 0.617. The Kier molecular flexibility index (Phi) is 6.37. The molecule has 0 bridgehead atoms. The van der Waals surface area contributed by atoms with Gasteiger partial charge in [-0.25, -0.2) is 12.6 Å². The molecule has 0 saturated carbocycles. The van der Waals surface area contributed by atoms with Crippen LogP contribution in [0.5, 0.6) is 11.5 Å². The third kappa shape index (κ3) is 5.71. The standard InChI is InChI=1S/C18H18O5S2/c1-3-4-15(13-24(19)20)14-5-7-16(8-6-14)23-17-9-11-18(12-10-17)25(2,21)22/h5-12,15H,13H2,1-2H3,(H,19,20). The molecule has 2 unspecified atom stereocenters. The van der Waals surface area contributed by atoms with E-state index in [9.17, 15) is 12.6 Å². The highest BCUT2D eigenvalue weighted by atomic mass is 32.2. The van der Waals surface area contributed by atoms with E-state index in [0.717, 1.165) is 11.8 Å². The molecule has 0 fully saturated rings. The average molecular weight is 378 g/mol. The number of hydrogen-bond donors (Lipinski definition) is 1. The summed E-state index contributed by atoms with van der Waals surface area (Å²) >= 11 is -1.93. The second-order valence-electron chi connectivity index (χ2n) is 5.35. The highest BCUT2D eigenvalue weighted by Crippen LogP contribution is 2.25. The Morgan fingerprint density at radius 3 is 2.04 bits per heavy atom. The van der Waals surface area contributed by atoms with Gasteiger partial charge in [-0.2, -0.15) is 0 Å². The topological polar surface area (TPSA) is 80.7 Å². The minimum Gasteiger partial charge on any atom is -0.457 e. The van der Waals surface area contributed by atoms with E-state index in [1.54, 1.807) is 43.3 Å². The van der Waals surface area contributed by atoms with Gasteiger partial charge in [-0.15, -0.1) is 5.92 Å². The highest BCUT2D eigenvalue weighted by molar-refractivity contribution is 7.90. The number of hydrogen-bond acceptors (Lipinski definition) is 4. The van der Waals surface area contributed by atoms with E-state index >= 15 is 0 Å². The van der Waals surface area contributed by atoms with Gasteiger partial charge in [-0.1, -0.05) is 18.1 Å².